The molecule has 1 aliphatic heterocycles. The highest BCUT2D eigenvalue weighted by molar-refractivity contribution is 7.11. The number of likely N-dealkylation sites (tertiary alicyclic amines) is 1. The number of aryl methyl sites for hydroxylation is 1. The van der Waals surface area contributed by atoms with E-state index in [1.807, 2.05) is 11.3 Å². The van der Waals surface area contributed by atoms with Gasteiger partial charge in [-0.2, -0.15) is 0 Å². The van der Waals surface area contributed by atoms with Crippen molar-refractivity contribution in [2.75, 3.05) is 20.2 Å². The van der Waals surface area contributed by atoms with Crippen molar-refractivity contribution in [2.24, 2.45) is 0 Å². The van der Waals surface area contributed by atoms with E-state index < -0.39 is 5.97 Å². The molecule has 1 saturated heterocycles. The maximum Gasteiger partial charge on any atom is 0.360 e. The summed E-state index contributed by atoms with van der Waals surface area (Å²) in [5.74, 6) is -0.434. The first-order chi connectivity index (χ1) is 10.7. The van der Waals surface area contributed by atoms with Crippen molar-refractivity contribution in [1.29, 1.82) is 0 Å². The molecule has 0 atom stereocenters. The Morgan fingerprint density at radius 3 is 2.82 bits per heavy atom. The minimum atomic E-state index is -0.434. The lowest BCUT2D eigenvalue weighted by Crippen LogP contribution is -2.34. The number of thiophene rings is 1. The quantitative estimate of drug-likeness (QED) is 0.809. The largest absolute Gasteiger partial charge is 0.464 e. The number of piperidine rings is 1. The number of esters is 1. The molecule has 118 valence electrons. The van der Waals surface area contributed by atoms with Crippen LogP contribution >= 0.6 is 11.3 Å². The molecule has 0 bridgehead atoms. The molecule has 0 amide bonds. The van der Waals surface area contributed by atoms with Crippen LogP contribution in [0.25, 0.3) is 0 Å². The van der Waals surface area contributed by atoms with Crippen molar-refractivity contribution < 1.29 is 9.53 Å². The maximum atomic E-state index is 11.4. The zero-order valence-corrected chi connectivity index (χ0v) is 13.7. The summed E-state index contributed by atoms with van der Waals surface area (Å²) in [7, 11) is 1.35. The molecule has 3 heterocycles. The van der Waals surface area contributed by atoms with Crippen molar-refractivity contribution >= 4 is 17.3 Å². The van der Waals surface area contributed by atoms with Gasteiger partial charge in [0.05, 0.1) is 19.3 Å². The van der Waals surface area contributed by atoms with Crippen LogP contribution in [0, 0.1) is 6.92 Å². The zero-order valence-electron chi connectivity index (χ0n) is 12.9. The lowest BCUT2D eigenvalue weighted by molar-refractivity contribution is 0.0594. The van der Waals surface area contributed by atoms with E-state index in [1.54, 1.807) is 10.9 Å². The van der Waals surface area contributed by atoms with Gasteiger partial charge in [0.25, 0.3) is 0 Å². The number of carbonyl (C=O) groups is 1. The van der Waals surface area contributed by atoms with Gasteiger partial charge < -0.3 is 4.74 Å². The molecule has 22 heavy (non-hydrogen) atoms. The molecule has 6 nitrogen and oxygen atoms in total. The minimum Gasteiger partial charge on any atom is -0.464 e. The molecule has 2 aromatic heterocycles. The molecule has 0 radical (unpaired) electrons. The number of carbonyl (C=O) groups excluding carboxylic acids is 1. The second kappa shape index (κ2) is 6.58. The van der Waals surface area contributed by atoms with Gasteiger partial charge in [-0.25, -0.2) is 9.48 Å². The maximum absolute atomic E-state index is 11.4. The molecule has 1 fully saturated rings. The van der Waals surface area contributed by atoms with Gasteiger partial charge in [0.1, 0.15) is 0 Å². The van der Waals surface area contributed by atoms with Gasteiger partial charge in [0.2, 0.25) is 0 Å². The van der Waals surface area contributed by atoms with Gasteiger partial charge in [0.15, 0.2) is 5.69 Å². The third-order valence-corrected chi connectivity index (χ3v) is 5.00. The fourth-order valence-corrected chi connectivity index (χ4v) is 3.72. The molecule has 0 N–H and O–H groups in total. The number of methoxy groups -OCH3 is 1. The first-order valence-corrected chi connectivity index (χ1v) is 8.25. The molecule has 0 saturated carbocycles. The van der Waals surface area contributed by atoms with Crippen molar-refractivity contribution in [2.45, 2.75) is 32.4 Å². The normalized spacial score (nSPS) is 16.8. The molecular weight excluding hydrogens is 300 g/mol. The van der Waals surface area contributed by atoms with E-state index in [0.29, 0.717) is 6.04 Å². The van der Waals surface area contributed by atoms with Crippen LogP contribution in [0.5, 0.6) is 0 Å². The Hall–Kier alpha value is -1.73. The average molecular weight is 320 g/mol. The summed E-state index contributed by atoms with van der Waals surface area (Å²) in [5, 5.41) is 7.95. The van der Waals surface area contributed by atoms with Crippen molar-refractivity contribution in [1.82, 2.24) is 19.9 Å². The van der Waals surface area contributed by atoms with Crippen LogP contribution < -0.4 is 0 Å². The molecule has 0 aliphatic carbocycles. The van der Waals surface area contributed by atoms with E-state index in [-0.39, 0.29) is 5.69 Å². The predicted molar refractivity (Wildman–Crippen MR) is 84.0 cm³/mol. The van der Waals surface area contributed by atoms with Gasteiger partial charge in [-0.05, 0) is 31.9 Å². The highest BCUT2D eigenvalue weighted by Crippen LogP contribution is 2.24. The number of hydrogen-bond acceptors (Lipinski definition) is 6. The van der Waals surface area contributed by atoms with Gasteiger partial charge in [-0.3, -0.25) is 4.90 Å². The van der Waals surface area contributed by atoms with Gasteiger partial charge in [-0.15, -0.1) is 16.4 Å². The second-order valence-corrected chi connectivity index (χ2v) is 6.97. The number of rotatable bonds is 4. The first-order valence-electron chi connectivity index (χ1n) is 7.43. The SMILES string of the molecule is COC(=O)c1cn(C2CCN(Cc3ccc(C)s3)CC2)nn1. The summed E-state index contributed by atoms with van der Waals surface area (Å²) < 4.78 is 6.46. The van der Waals surface area contributed by atoms with Crippen molar-refractivity contribution in [3.05, 3.63) is 33.8 Å². The molecule has 0 spiro atoms. The third-order valence-electron chi connectivity index (χ3n) is 4.01. The first kappa shape index (κ1) is 15.2. The minimum absolute atomic E-state index is 0.277. The molecule has 1 aliphatic rings. The predicted octanol–water partition coefficient (Wildman–Crippen LogP) is 2.27. The van der Waals surface area contributed by atoms with Gasteiger partial charge in [-0.1, -0.05) is 5.21 Å². The monoisotopic (exact) mass is 320 g/mol. The van der Waals surface area contributed by atoms with Gasteiger partial charge >= 0.3 is 5.97 Å². The van der Waals surface area contributed by atoms with E-state index in [1.165, 1.54) is 16.9 Å². The van der Waals surface area contributed by atoms with Crippen molar-refractivity contribution in [3.8, 4) is 0 Å². The van der Waals surface area contributed by atoms with E-state index in [4.69, 9.17) is 0 Å². The van der Waals surface area contributed by atoms with Crippen LogP contribution in [0.15, 0.2) is 18.3 Å². The highest BCUT2D eigenvalue weighted by atomic mass is 32.1. The summed E-state index contributed by atoms with van der Waals surface area (Å²) in [6.45, 7) is 5.24. The van der Waals surface area contributed by atoms with Crippen LogP contribution in [0.2, 0.25) is 0 Å². The topological polar surface area (TPSA) is 60.2 Å². The number of hydrogen-bond donors (Lipinski definition) is 0. The average Bonchev–Trinajstić information content (AvgIpc) is 3.17. The van der Waals surface area contributed by atoms with E-state index in [2.05, 4.69) is 39.0 Å². The Kier molecular flexibility index (Phi) is 4.54. The molecular formula is C15H20N4O2S. The van der Waals surface area contributed by atoms with Crippen LogP contribution in [0.4, 0.5) is 0 Å². The smallest absolute Gasteiger partial charge is 0.360 e. The Morgan fingerprint density at radius 1 is 1.41 bits per heavy atom. The van der Waals surface area contributed by atoms with E-state index in [9.17, 15) is 4.79 Å². The second-order valence-electron chi connectivity index (χ2n) is 5.60. The lowest BCUT2D eigenvalue weighted by Gasteiger charge is -2.31. The standard InChI is InChI=1S/C15H20N4O2S/c1-11-3-4-13(22-11)9-18-7-5-12(6-8-18)19-10-14(16-17-19)15(20)21-2/h3-4,10,12H,5-9H2,1-2H3. The Bertz CT molecular complexity index is 644. The number of nitrogens with zero attached hydrogens (tertiary/aromatic N) is 4. The molecule has 7 heteroatoms. The van der Waals surface area contributed by atoms with E-state index >= 15 is 0 Å². The van der Waals surface area contributed by atoms with Crippen LogP contribution in [-0.4, -0.2) is 46.1 Å². The molecule has 0 unspecified atom stereocenters. The van der Waals surface area contributed by atoms with E-state index in [0.717, 1.165) is 32.5 Å². The number of ether oxygens (including phenoxy) is 1. The van der Waals surface area contributed by atoms with Crippen LogP contribution in [0.1, 0.15) is 39.1 Å². The summed E-state index contributed by atoms with van der Waals surface area (Å²) in [5.41, 5.74) is 0.277. The fraction of sp³-hybridized carbons (Fsp3) is 0.533. The Morgan fingerprint density at radius 2 is 2.18 bits per heavy atom. The molecule has 3 rings (SSSR count). The zero-order chi connectivity index (χ0) is 15.5. The Labute approximate surface area is 133 Å². The fourth-order valence-electron chi connectivity index (χ4n) is 2.79. The summed E-state index contributed by atoms with van der Waals surface area (Å²) in [6.07, 6.45) is 3.73. The van der Waals surface area contributed by atoms with Crippen molar-refractivity contribution in [3.63, 3.8) is 0 Å². The lowest BCUT2D eigenvalue weighted by atomic mass is 10.1. The third kappa shape index (κ3) is 3.36. The Balaban J connectivity index is 1.55. The highest BCUT2D eigenvalue weighted by Gasteiger charge is 2.23. The summed E-state index contributed by atoms with van der Waals surface area (Å²) >= 11 is 1.87. The van der Waals surface area contributed by atoms with Gasteiger partial charge in [0, 0.05) is 29.4 Å². The summed E-state index contributed by atoms with van der Waals surface area (Å²) in [6, 6.07) is 4.70. The van der Waals surface area contributed by atoms with Crippen LogP contribution in [-0.2, 0) is 11.3 Å². The summed E-state index contributed by atoms with van der Waals surface area (Å²) in [4.78, 5) is 16.7. The number of aromatic nitrogens is 3. The molecule has 0 aromatic carbocycles. The van der Waals surface area contributed by atoms with Crippen LogP contribution in [0.3, 0.4) is 0 Å². The molecule has 2 aromatic rings.